The van der Waals surface area contributed by atoms with Gasteiger partial charge in [-0.2, -0.15) is 0 Å². The number of piperidine rings is 1. The van der Waals surface area contributed by atoms with E-state index in [-0.39, 0.29) is 42.0 Å². The van der Waals surface area contributed by atoms with Crippen LogP contribution in [0.25, 0.3) is 0 Å². The van der Waals surface area contributed by atoms with Crippen LogP contribution in [0.3, 0.4) is 0 Å². The standard InChI is InChI=1S/C35H53N3O13/c1-2-44-13-14-46-17-18-48-21-22-50-25-26-51-24-23-49-20-19-47-16-15-45-12-5-3-4-9-30(39)36-28-8-6-7-27-32(28)35(43)38(34(27)42)29-10-11-31(40)37-33(29)41/h6-8,29H,2-5,9-26H2,1H3,(H,36,39)(H,37,40,41). The molecule has 1 aromatic carbocycles. The van der Waals surface area contributed by atoms with E-state index in [1.807, 2.05) is 6.92 Å². The van der Waals surface area contributed by atoms with Gasteiger partial charge in [0.05, 0.1) is 109 Å². The summed E-state index contributed by atoms with van der Waals surface area (Å²) >= 11 is 0. The fraction of sp³-hybridized carbons (Fsp3) is 0.686. The normalized spacial score (nSPS) is 15.8. The Bertz CT molecular complexity index is 1230. The van der Waals surface area contributed by atoms with Crippen molar-refractivity contribution in [1.82, 2.24) is 10.2 Å². The predicted molar refractivity (Wildman–Crippen MR) is 182 cm³/mol. The Morgan fingerprint density at radius 2 is 1.20 bits per heavy atom. The highest BCUT2D eigenvalue weighted by molar-refractivity contribution is 6.26. The number of benzene rings is 1. The second-order valence-corrected chi connectivity index (χ2v) is 11.5. The quantitative estimate of drug-likeness (QED) is 0.0865. The largest absolute Gasteiger partial charge is 0.379 e. The molecule has 1 unspecified atom stereocenters. The lowest BCUT2D eigenvalue weighted by Crippen LogP contribution is -2.54. The smallest absolute Gasteiger partial charge is 0.264 e. The molecule has 3 rings (SSSR count). The van der Waals surface area contributed by atoms with Gasteiger partial charge in [0.25, 0.3) is 11.8 Å². The van der Waals surface area contributed by atoms with Crippen molar-refractivity contribution in [2.24, 2.45) is 0 Å². The molecule has 0 aromatic heterocycles. The Hall–Kier alpha value is -3.35. The molecule has 2 aliphatic heterocycles. The zero-order valence-corrected chi connectivity index (χ0v) is 29.6. The second kappa shape index (κ2) is 25.6. The highest BCUT2D eigenvalue weighted by Gasteiger charge is 2.45. The molecular weight excluding hydrogens is 670 g/mol. The van der Waals surface area contributed by atoms with Gasteiger partial charge in [-0.15, -0.1) is 0 Å². The van der Waals surface area contributed by atoms with Crippen molar-refractivity contribution >= 4 is 35.2 Å². The minimum absolute atomic E-state index is 0.0311. The lowest BCUT2D eigenvalue weighted by Gasteiger charge is -2.27. The van der Waals surface area contributed by atoms with Gasteiger partial charge in [-0.05, 0) is 38.3 Å². The lowest BCUT2D eigenvalue weighted by atomic mass is 10.0. The van der Waals surface area contributed by atoms with Gasteiger partial charge < -0.3 is 43.2 Å². The van der Waals surface area contributed by atoms with Crippen LogP contribution in [0, 0.1) is 0 Å². The van der Waals surface area contributed by atoms with Crippen molar-refractivity contribution in [2.45, 2.75) is 51.5 Å². The third-order valence-electron chi connectivity index (χ3n) is 7.74. The summed E-state index contributed by atoms with van der Waals surface area (Å²) in [5, 5.41) is 4.90. The molecule has 0 saturated carbocycles. The first-order valence-corrected chi connectivity index (χ1v) is 17.7. The second-order valence-electron chi connectivity index (χ2n) is 11.5. The first-order chi connectivity index (χ1) is 24.9. The number of nitrogens with zero attached hydrogens (tertiary/aromatic N) is 1. The number of imide groups is 2. The zero-order valence-electron chi connectivity index (χ0n) is 29.6. The monoisotopic (exact) mass is 723 g/mol. The van der Waals surface area contributed by atoms with Gasteiger partial charge in [0, 0.05) is 26.1 Å². The number of amides is 5. The Labute approximate surface area is 299 Å². The molecule has 1 saturated heterocycles. The molecule has 286 valence electrons. The summed E-state index contributed by atoms with van der Waals surface area (Å²) in [7, 11) is 0. The number of carbonyl (C=O) groups is 5. The summed E-state index contributed by atoms with van der Waals surface area (Å²) in [5.74, 6) is -2.70. The van der Waals surface area contributed by atoms with Crippen LogP contribution in [0.2, 0.25) is 0 Å². The molecule has 1 fully saturated rings. The van der Waals surface area contributed by atoms with Crippen molar-refractivity contribution < 1.29 is 61.9 Å². The predicted octanol–water partition coefficient (Wildman–Crippen LogP) is 1.74. The van der Waals surface area contributed by atoms with Gasteiger partial charge in [-0.1, -0.05) is 12.5 Å². The molecule has 0 bridgehead atoms. The van der Waals surface area contributed by atoms with Crippen molar-refractivity contribution in [1.29, 1.82) is 0 Å². The number of unbranched alkanes of at least 4 members (excludes halogenated alkanes) is 2. The first-order valence-electron chi connectivity index (χ1n) is 17.7. The van der Waals surface area contributed by atoms with Crippen LogP contribution in [0.5, 0.6) is 0 Å². The molecule has 2 N–H and O–H groups in total. The maximum Gasteiger partial charge on any atom is 0.264 e. The third kappa shape index (κ3) is 15.8. The maximum atomic E-state index is 13.2. The average Bonchev–Trinajstić information content (AvgIpc) is 3.37. The molecule has 2 aliphatic rings. The highest BCUT2D eigenvalue weighted by atomic mass is 16.6. The number of hydrogen-bond acceptors (Lipinski definition) is 13. The molecule has 0 spiro atoms. The van der Waals surface area contributed by atoms with Crippen LogP contribution in [0.1, 0.15) is 66.2 Å². The Morgan fingerprint density at radius 1 is 0.686 bits per heavy atom. The molecule has 0 aliphatic carbocycles. The number of ether oxygens (including phenoxy) is 8. The molecule has 5 amide bonds. The van der Waals surface area contributed by atoms with E-state index >= 15 is 0 Å². The Balaban J connectivity index is 1.09. The van der Waals surface area contributed by atoms with Crippen molar-refractivity contribution in [3.8, 4) is 0 Å². The number of fused-ring (bicyclic) bond motifs is 1. The minimum Gasteiger partial charge on any atom is -0.379 e. The number of hydrogen-bond donors (Lipinski definition) is 2. The van der Waals surface area contributed by atoms with E-state index in [1.165, 1.54) is 6.07 Å². The van der Waals surface area contributed by atoms with E-state index in [4.69, 9.17) is 37.9 Å². The Morgan fingerprint density at radius 3 is 1.71 bits per heavy atom. The van der Waals surface area contributed by atoms with Gasteiger partial charge in [-0.3, -0.25) is 34.2 Å². The van der Waals surface area contributed by atoms with Crippen LogP contribution in [0.15, 0.2) is 18.2 Å². The van der Waals surface area contributed by atoms with Crippen LogP contribution in [-0.4, -0.2) is 146 Å². The third-order valence-corrected chi connectivity index (χ3v) is 7.74. The van der Waals surface area contributed by atoms with E-state index < -0.39 is 29.7 Å². The van der Waals surface area contributed by atoms with Gasteiger partial charge in [0.15, 0.2) is 0 Å². The summed E-state index contributed by atoms with van der Waals surface area (Å²) in [5.41, 5.74) is 0.391. The summed E-state index contributed by atoms with van der Waals surface area (Å²) in [6, 6.07) is 3.54. The topological polar surface area (TPSA) is 186 Å². The molecular formula is C35H53N3O13. The number of anilines is 1. The average molecular weight is 724 g/mol. The maximum absolute atomic E-state index is 13.2. The number of rotatable bonds is 30. The van der Waals surface area contributed by atoms with Crippen LogP contribution >= 0.6 is 0 Å². The molecule has 16 nitrogen and oxygen atoms in total. The SMILES string of the molecule is CCOCCOCCOCCOCCOCCOCCOCCOCCCCCC(=O)Nc1cccc2c1C(=O)N(C1CCC(=O)NC1=O)C2=O. The minimum atomic E-state index is -1.07. The van der Waals surface area contributed by atoms with E-state index in [0.717, 1.165) is 17.7 Å². The number of nitrogens with one attached hydrogen (secondary N) is 2. The summed E-state index contributed by atoms with van der Waals surface area (Å²) in [6.45, 7) is 10.2. The Kier molecular flexibility index (Phi) is 21.1. The van der Waals surface area contributed by atoms with Crippen molar-refractivity contribution in [2.75, 3.05) is 111 Å². The summed E-state index contributed by atoms with van der Waals surface area (Å²) in [6.07, 6.45) is 2.48. The fourth-order valence-corrected chi connectivity index (χ4v) is 5.18. The molecule has 16 heteroatoms. The van der Waals surface area contributed by atoms with Crippen molar-refractivity contribution in [3.05, 3.63) is 29.3 Å². The number of carbonyl (C=O) groups excluding carboxylic acids is 5. The van der Waals surface area contributed by atoms with E-state index in [1.54, 1.807) is 12.1 Å². The summed E-state index contributed by atoms with van der Waals surface area (Å²) in [4.78, 5) is 63.4. The van der Waals surface area contributed by atoms with E-state index in [9.17, 15) is 24.0 Å². The van der Waals surface area contributed by atoms with Gasteiger partial charge >= 0.3 is 0 Å². The van der Waals surface area contributed by atoms with Gasteiger partial charge in [0.2, 0.25) is 17.7 Å². The van der Waals surface area contributed by atoms with Crippen LogP contribution < -0.4 is 10.6 Å². The van der Waals surface area contributed by atoms with Crippen molar-refractivity contribution in [3.63, 3.8) is 0 Å². The fourth-order valence-electron chi connectivity index (χ4n) is 5.18. The van der Waals surface area contributed by atoms with Crippen LogP contribution in [0.4, 0.5) is 5.69 Å². The van der Waals surface area contributed by atoms with Gasteiger partial charge in [-0.25, -0.2) is 0 Å². The zero-order chi connectivity index (χ0) is 36.5. The molecule has 2 heterocycles. The molecule has 51 heavy (non-hydrogen) atoms. The molecule has 0 radical (unpaired) electrons. The van der Waals surface area contributed by atoms with E-state index in [0.29, 0.717) is 112 Å². The summed E-state index contributed by atoms with van der Waals surface area (Å²) < 4.78 is 43.4. The lowest BCUT2D eigenvalue weighted by molar-refractivity contribution is -0.136. The molecule has 1 aromatic rings. The highest BCUT2D eigenvalue weighted by Crippen LogP contribution is 2.32. The van der Waals surface area contributed by atoms with Crippen LogP contribution in [-0.2, 0) is 52.3 Å². The first kappa shape index (κ1) is 42.1. The van der Waals surface area contributed by atoms with Gasteiger partial charge in [0.1, 0.15) is 6.04 Å². The molecule has 1 atom stereocenters. The van der Waals surface area contributed by atoms with E-state index in [2.05, 4.69) is 10.6 Å².